The number of ether oxygens (including phenoxy) is 3. The molecule has 5 unspecified atom stereocenters. The van der Waals surface area contributed by atoms with Crippen molar-refractivity contribution >= 4 is 0 Å². The lowest BCUT2D eigenvalue weighted by molar-refractivity contribution is 0.0371. The average molecular weight is 1470 g/mol. The van der Waals surface area contributed by atoms with Gasteiger partial charge < -0.3 is 59.1 Å². The molecule has 14 fully saturated rings. The first-order valence-electron chi connectivity index (χ1n) is 46.2. The van der Waals surface area contributed by atoms with Gasteiger partial charge in [0.15, 0.2) is 0 Å². The van der Waals surface area contributed by atoms with Crippen molar-refractivity contribution in [1.29, 1.82) is 0 Å². The zero-order valence-corrected chi connectivity index (χ0v) is 72.5. The molecule has 0 aromatic carbocycles. The van der Waals surface area contributed by atoms with Gasteiger partial charge >= 0.3 is 0 Å². The second kappa shape index (κ2) is 68.0. The van der Waals surface area contributed by atoms with E-state index in [-0.39, 0.29) is 0 Å². The van der Waals surface area contributed by atoms with Crippen LogP contribution in [0.3, 0.4) is 0 Å². The summed E-state index contributed by atoms with van der Waals surface area (Å²) in [6.07, 6.45) is 46.3. The van der Waals surface area contributed by atoms with Crippen molar-refractivity contribution in [3.8, 4) is 0 Å². The Morgan fingerprint density at radius 1 is 0.298 bits per heavy atom. The second-order valence-electron chi connectivity index (χ2n) is 34.3. The summed E-state index contributed by atoms with van der Waals surface area (Å²) >= 11 is 0. The van der Waals surface area contributed by atoms with Crippen molar-refractivity contribution in [3.63, 3.8) is 0 Å². The lowest BCUT2D eigenvalue weighted by Gasteiger charge is -2.46. The molecule has 0 aliphatic carbocycles. The highest BCUT2D eigenvalue weighted by Crippen LogP contribution is 2.35. The van der Waals surface area contributed by atoms with Crippen LogP contribution >= 0.6 is 0 Å². The molecular formula is C89H186N12O3. The smallest absolute Gasteiger partial charge is 0.0594 e. The third kappa shape index (κ3) is 51.9. The van der Waals surface area contributed by atoms with Crippen LogP contribution in [-0.4, -0.2) is 311 Å². The SMILES string of the molecule is CC1CC2CCCC(C1)N2C.CC1CCCN(C)C1.CC1CCCNC1.CC1CN2CCC1CC2.CCCCCN1CCCCC1.CCCCCN1CCOCC1.CCCCN1CCCCC1.CCCCN1CCOCC1.CCCN1CCCCC1.CCCN1CCNCC1.CCCN1CCOCC1. The van der Waals surface area contributed by atoms with E-state index < -0.39 is 0 Å². The van der Waals surface area contributed by atoms with E-state index in [1.807, 2.05) is 0 Å². The Labute approximate surface area is 650 Å². The molecule has 15 heteroatoms. The van der Waals surface area contributed by atoms with Crippen LogP contribution in [0.4, 0.5) is 0 Å². The molecule has 2 N–H and O–H groups in total. The molecule has 4 bridgehead atoms. The summed E-state index contributed by atoms with van der Waals surface area (Å²) < 4.78 is 15.7. The normalized spacial score (nSPS) is 28.1. The maximum absolute atomic E-state index is 5.26. The predicted octanol–water partition coefficient (Wildman–Crippen LogP) is 16.4. The summed E-state index contributed by atoms with van der Waals surface area (Å²) in [6, 6.07) is 1.86. The molecule has 104 heavy (non-hydrogen) atoms. The zero-order valence-electron chi connectivity index (χ0n) is 72.5. The van der Waals surface area contributed by atoms with Gasteiger partial charge in [-0.3, -0.25) is 14.7 Å². The molecule has 0 amide bonds. The molecule has 14 rings (SSSR count). The number of nitrogens with one attached hydrogen (secondary N) is 2. The third-order valence-corrected chi connectivity index (χ3v) is 24.3. The van der Waals surface area contributed by atoms with Gasteiger partial charge in [0.05, 0.1) is 39.6 Å². The van der Waals surface area contributed by atoms with Crippen LogP contribution in [0.5, 0.6) is 0 Å². The van der Waals surface area contributed by atoms with Gasteiger partial charge in [-0.1, -0.05) is 140 Å². The summed E-state index contributed by atoms with van der Waals surface area (Å²) in [5.41, 5.74) is 0. The van der Waals surface area contributed by atoms with Gasteiger partial charge in [0.25, 0.3) is 0 Å². The summed E-state index contributed by atoms with van der Waals surface area (Å²) in [7, 11) is 4.52. The van der Waals surface area contributed by atoms with Gasteiger partial charge in [-0.15, -0.1) is 0 Å². The highest BCUT2D eigenvalue weighted by molar-refractivity contribution is 4.89. The third-order valence-electron chi connectivity index (χ3n) is 24.3. The number of piperazine rings is 1. The van der Waals surface area contributed by atoms with E-state index >= 15 is 0 Å². The van der Waals surface area contributed by atoms with Gasteiger partial charge in [0.2, 0.25) is 0 Å². The van der Waals surface area contributed by atoms with Crippen LogP contribution < -0.4 is 10.6 Å². The molecule has 15 nitrogen and oxygen atoms in total. The Kier molecular flexibility index (Phi) is 63.8. The molecule has 0 aromatic heterocycles. The Morgan fingerprint density at radius 2 is 0.683 bits per heavy atom. The number of likely N-dealkylation sites (tertiary alicyclic amines) is 4. The number of piperidine rings is 10. The van der Waals surface area contributed by atoms with Crippen LogP contribution in [-0.2, 0) is 14.2 Å². The topological polar surface area (TPSA) is 84.2 Å². The fourth-order valence-corrected chi connectivity index (χ4v) is 17.4. The van der Waals surface area contributed by atoms with Crippen molar-refractivity contribution in [3.05, 3.63) is 0 Å². The van der Waals surface area contributed by atoms with E-state index in [4.69, 9.17) is 14.2 Å². The summed E-state index contributed by atoms with van der Waals surface area (Å²) in [5.74, 6) is 4.92. The van der Waals surface area contributed by atoms with E-state index in [9.17, 15) is 0 Å². The van der Waals surface area contributed by atoms with Crippen molar-refractivity contribution < 1.29 is 14.2 Å². The van der Waals surface area contributed by atoms with E-state index in [2.05, 4.69) is 150 Å². The standard InChI is InChI=1S/C10H19N.C10H21N.C9H19NO.C9H19N.C8H17NO.C8H15N.C8H17N.C7H16N2.C7H15NO.C7H15N.C6H13N/c1-8-6-9-4-3-5-10(7-8)11(9)2;1-2-3-5-8-11-9-6-4-7-10-11;1-2-3-4-5-10-6-8-11-9-7-10;1-2-3-7-10-8-5-4-6-9-10;1-2-3-4-9-5-7-10-8-6-9;1-7-6-9-4-2-8(7)3-5-9;1-2-6-9-7-4-3-5-8-9;1-2-5-9-6-3-8-4-7-9;1-2-3-8-4-6-9-7-5-8;1-7-4-3-5-8(2)6-7;1-6-3-2-4-7-5-6/h8-10H,3-7H2,1-2H3;2-10H2,1H3;2-9H2,1H3;2-9H2,1H3;2-8H2,1H3;7-8H,2-6H2,1H3;2-8H2,1H3;8H,2-7H2,1H3;2-7H2,1H3;7H,3-6H2,1-2H3;6-7H,2-5H2,1H3. The lowest BCUT2D eigenvalue weighted by atomic mass is 9.80. The first kappa shape index (κ1) is 97.6. The molecule has 0 spiro atoms. The molecule has 620 valence electrons. The van der Waals surface area contributed by atoms with Crippen LogP contribution in [0.15, 0.2) is 0 Å². The number of hydrogen-bond acceptors (Lipinski definition) is 15. The molecule has 14 aliphatic heterocycles. The quantitative estimate of drug-likeness (QED) is 0.113. The minimum absolute atomic E-state index is 0.925. The molecule has 0 saturated carbocycles. The molecule has 5 atom stereocenters. The Morgan fingerprint density at radius 3 is 1.00 bits per heavy atom. The maximum Gasteiger partial charge on any atom is 0.0594 e. The van der Waals surface area contributed by atoms with Crippen molar-refractivity contribution in [2.45, 2.75) is 300 Å². The number of nitrogens with zero attached hydrogens (tertiary/aromatic N) is 10. The van der Waals surface area contributed by atoms with Crippen molar-refractivity contribution in [2.24, 2.45) is 29.6 Å². The first-order valence-corrected chi connectivity index (χ1v) is 46.2. The van der Waals surface area contributed by atoms with Gasteiger partial charge in [0.1, 0.15) is 0 Å². The summed E-state index contributed by atoms with van der Waals surface area (Å²) in [4.78, 5) is 25.4. The zero-order chi connectivity index (χ0) is 75.1. The molecule has 14 saturated heterocycles. The maximum atomic E-state index is 5.26. The molecule has 0 radical (unpaired) electrons. The highest BCUT2D eigenvalue weighted by atomic mass is 16.5. The van der Waals surface area contributed by atoms with E-state index in [1.54, 1.807) is 0 Å². The molecule has 14 aliphatic rings. The van der Waals surface area contributed by atoms with Crippen LogP contribution in [0.25, 0.3) is 0 Å². The number of unbranched alkanes of at least 4 members (excludes halogenated alkanes) is 6. The van der Waals surface area contributed by atoms with Gasteiger partial charge in [-0.25, -0.2) is 0 Å². The highest BCUT2D eigenvalue weighted by Gasteiger charge is 2.34. The Bertz CT molecular complexity index is 1630. The Hall–Kier alpha value is -0.600. The minimum Gasteiger partial charge on any atom is -0.379 e. The van der Waals surface area contributed by atoms with Gasteiger partial charge in [0, 0.05) is 90.6 Å². The van der Waals surface area contributed by atoms with E-state index in [1.165, 1.54) is 369 Å². The van der Waals surface area contributed by atoms with Gasteiger partial charge in [-0.05, 0) is 309 Å². The Balaban J connectivity index is 0.000000298. The fraction of sp³-hybridized carbons (Fsp3) is 1.00. The van der Waals surface area contributed by atoms with Gasteiger partial charge in [-0.2, -0.15) is 0 Å². The summed E-state index contributed by atoms with van der Waals surface area (Å²) in [6.45, 7) is 68.9. The van der Waals surface area contributed by atoms with Crippen molar-refractivity contribution in [1.82, 2.24) is 59.6 Å². The fourth-order valence-electron chi connectivity index (χ4n) is 17.4. The minimum atomic E-state index is 0.925. The monoisotopic (exact) mass is 1470 g/mol. The molecule has 0 aromatic rings. The summed E-state index contributed by atoms with van der Waals surface area (Å²) in [5, 5.41) is 6.67. The van der Waals surface area contributed by atoms with E-state index in [0.29, 0.717) is 0 Å². The second-order valence-corrected chi connectivity index (χ2v) is 34.3. The van der Waals surface area contributed by atoms with Crippen LogP contribution in [0.2, 0.25) is 0 Å². The average Bonchev–Trinajstić information content (AvgIpc) is 0.832. The van der Waals surface area contributed by atoms with Crippen LogP contribution in [0, 0.1) is 29.6 Å². The number of hydrogen-bond donors (Lipinski definition) is 2. The van der Waals surface area contributed by atoms with E-state index in [0.717, 1.165) is 121 Å². The molecular weight excluding hydrogens is 1290 g/mol. The number of fused-ring (bicyclic) bond motifs is 5. The largest absolute Gasteiger partial charge is 0.379 e. The first-order chi connectivity index (χ1) is 50.8. The van der Waals surface area contributed by atoms with Crippen molar-refractivity contribution in [2.75, 3.05) is 250 Å². The molecule has 14 heterocycles. The number of rotatable bonds is 20. The number of morpholine rings is 3. The predicted molar refractivity (Wildman–Crippen MR) is 455 cm³/mol. The van der Waals surface area contributed by atoms with Crippen LogP contribution in [0.1, 0.15) is 288 Å². The lowest BCUT2D eigenvalue weighted by Crippen LogP contribution is -2.49.